The van der Waals surface area contributed by atoms with E-state index in [-0.39, 0.29) is 5.91 Å². The first-order valence-corrected chi connectivity index (χ1v) is 5.05. The maximum Gasteiger partial charge on any atom is 0.275 e. The van der Waals surface area contributed by atoms with E-state index in [1.165, 1.54) is 25.5 Å². The van der Waals surface area contributed by atoms with E-state index in [4.69, 9.17) is 4.42 Å². The lowest BCUT2D eigenvalue weighted by atomic mass is 10.2. The molecular formula is C10H14N2O2. The molecule has 2 heterocycles. The number of amides is 1. The number of carbonyl (C=O) groups excluding carboxylic acids is 1. The molecule has 1 aliphatic rings. The quantitative estimate of drug-likeness (QED) is 0.683. The number of likely N-dealkylation sites (tertiary alicyclic amines) is 1. The normalized spacial score (nSPS) is 17.9. The van der Waals surface area contributed by atoms with E-state index in [0.717, 1.165) is 25.9 Å². The summed E-state index contributed by atoms with van der Waals surface area (Å²) < 4.78 is 4.80. The van der Waals surface area contributed by atoms with Crippen LogP contribution in [0.15, 0.2) is 17.1 Å². The summed E-state index contributed by atoms with van der Waals surface area (Å²) in [5.74, 6) is 0.000602. The van der Waals surface area contributed by atoms with Gasteiger partial charge >= 0.3 is 0 Å². The van der Waals surface area contributed by atoms with Crippen molar-refractivity contribution < 1.29 is 9.21 Å². The standard InChI is InChI=1S/C10H14N2O2/c13-10(9-7-14-8-11-9)12-5-3-1-2-4-6-12/h7-8H,1-6H2. The van der Waals surface area contributed by atoms with Gasteiger partial charge in [-0.05, 0) is 12.8 Å². The first kappa shape index (κ1) is 9.24. The molecule has 0 spiro atoms. The second kappa shape index (κ2) is 4.26. The maximum absolute atomic E-state index is 11.8. The smallest absolute Gasteiger partial charge is 0.275 e. The molecular weight excluding hydrogens is 180 g/mol. The van der Waals surface area contributed by atoms with E-state index >= 15 is 0 Å². The number of rotatable bonds is 1. The molecule has 0 unspecified atom stereocenters. The van der Waals surface area contributed by atoms with E-state index in [1.807, 2.05) is 4.90 Å². The van der Waals surface area contributed by atoms with Gasteiger partial charge in [0, 0.05) is 13.1 Å². The molecule has 1 saturated heterocycles. The largest absolute Gasteiger partial charge is 0.451 e. The molecule has 1 aliphatic heterocycles. The Bertz CT molecular complexity index is 287. The number of hydrogen-bond donors (Lipinski definition) is 0. The highest BCUT2D eigenvalue weighted by atomic mass is 16.3. The van der Waals surface area contributed by atoms with Crippen LogP contribution in [-0.4, -0.2) is 28.9 Å². The van der Waals surface area contributed by atoms with Gasteiger partial charge in [0.05, 0.1) is 0 Å². The van der Waals surface area contributed by atoms with E-state index in [0.29, 0.717) is 5.69 Å². The van der Waals surface area contributed by atoms with Crippen molar-refractivity contribution >= 4 is 5.91 Å². The molecule has 4 nitrogen and oxygen atoms in total. The highest BCUT2D eigenvalue weighted by Crippen LogP contribution is 2.12. The summed E-state index contributed by atoms with van der Waals surface area (Å²) in [5, 5.41) is 0. The van der Waals surface area contributed by atoms with E-state index in [1.54, 1.807) is 0 Å². The minimum atomic E-state index is 0.000602. The van der Waals surface area contributed by atoms with Crippen molar-refractivity contribution in [1.29, 1.82) is 0 Å². The monoisotopic (exact) mass is 194 g/mol. The average molecular weight is 194 g/mol. The van der Waals surface area contributed by atoms with Crippen LogP contribution in [-0.2, 0) is 0 Å². The van der Waals surface area contributed by atoms with Crippen molar-refractivity contribution in [2.45, 2.75) is 25.7 Å². The number of nitrogens with zero attached hydrogens (tertiary/aromatic N) is 2. The third-order valence-electron chi connectivity index (χ3n) is 2.54. The van der Waals surface area contributed by atoms with Crippen LogP contribution >= 0.6 is 0 Å². The van der Waals surface area contributed by atoms with E-state index in [9.17, 15) is 4.79 Å². The number of hydrogen-bond acceptors (Lipinski definition) is 3. The molecule has 0 aliphatic carbocycles. The third kappa shape index (κ3) is 1.95. The minimum absolute atomic E-state index is 0.000602. The Morgan fingerprint density at radius 1 is 1.29 bits per heavy atom. The fourth-order valence-corrected chi connectivity index (χ4v) is 1.75. The predicted octanol–water partition coefficient (Wildman–Crippen LogP) is 1.69. The van der Waals surface area contributed by atoms with Gasteiger partial charge in [0.25, 0.3) is 5.91 Å². The average Bonchev–Trinajstić information content (AvgIpc) is 2.59. The van der Waals surface area contributed by atoms with Gasteiger partial charge in [-0.25, -0.2) is 4.98 Å². The topological polar surface area (TPSA) is 46.3 Å². The lowest BCUT2D eigenvalue weighted by Crippen LogP contribution is -2.31. The summed E-state index contributed by atoms with van der Waals surface area (Å²) in [4.78, 5) is 17.5. The van der Waals surface area contributed by atoms with Crippen LogP contribution in [0.25, 0.3) is 0 Å². The summed E-state index contributed by atoms with van der Waals surface area (Å²) in [6, 6.07) is 0. The number of aromatic nitrogens is 1. The Labute approximate surface area is 82.9 Å². The van der Waals surface area contributed by atoms with E-state index < -0.39 is 0 Å². The van der Waals surface area contributed by atoms with Gasteiger partial charge in [-0.15, -0.1) is 0 Å². The van der Waals surface area contributed by atoms with Crippen molar-refractivity contribution in [3.63, 3.8) is 0 Å². The summed E-state index contributed by atoms with van der Waals surface area (Å²) in [5.41, 5.74) is 0.423. The Hall–Kier alpha value is -1.32. The van der Waals surface area contributed by atoms with Gasteiger partial charge in [0.15, 0.2) is 12.1 Å². The highest BCUT2D eigenvalue weighted by molar-refractivity contribution is 5.91. The summed E-state index contributed by atoms with van der Waals surface area (Å²) in [6.07, 6.45) is 7.36. The Kier molecular flexibility index (Phi) is 2.81. The van der Waals surface area contributed by atoms with Gasteiger partial charge < -0.3 is 9.32 Å². The molecule has 0 N–H and O–H groups in total. The van der Waals surface area contributed by atoms with Gasteiger partial charge in [-0.1, -0.05) is 12.8 Å². The molecule has 0 saturated carbocycles. The zero-order valence-corrected chi connectivity index (χ0v) is 8.11. The highest BCUT2D eigenvalue weighted by Gasteiger charge is 2.18. The Morgan fingerprint density at radius 3 is 2.57 bits per heavy atom. The van der Waals surface area contributed by atoms with Crippen molar-refractivity contribution in [3.05, 3.63) is 18.4 Å². The lowest BCUT2D eigenvalue weighted by Gasteiger charge is -2.18. The molecule has 1 aromatic heterocycles. The van der Waals surface area contributed by atoms with Crippen molar-refractivity contribution in [1.82, 2.24) is 9.88 Å². The SMILES string of the molecule is O=C(c1cocn1)N1CCCCCC1. The van der Waals surface area contributed by atoms with Crippen LogP contribution in [0.1, 0.15) is 36.2 Å². The summed E-state index contributed by atoms with van der Waals surface area (Å²) in [6.45, 7) is 1.71. The molecule has 0 aromatic carbocycles. The van der Waals surface area contributed by atoms with Crippen molar-refractivity contribution in [2.75, 3.05) is 13.1 Å². The van der Waals surface area contributed by atoms with Crippen LogP contribution in [0.2, 0.25) is 0 Å². The second-order valence-electron chi connectivity index (χ2n) is 3.58. The Morgan fingerprint density at radius 2 is 2.00 bits per heavy atom. The van der Waals surface area contributed by atoms with Crippen LogP contribution in [0.4, 0.5) is 0 Å². The fourth-order valence-electron chi connectivity index (χ4n) is 1.75. The van der Waals surface area contributed by atoms with Crippen LogP contribution in [0, 0.1) is 0 Å². The molecule has 4 heteroatoms. The zero-order chi connectivity index (χ0) is 9.80. The number of carbonyl (C=O) groups is 1. The fraction of sp³-hybridized carbons (Fsp3) is 0.600. The second-order valence-corrected chi connectivity index (χ2v) is 3.58. The van der Waals surface area contributed by atoms with Gasteiger partial charge in [0.2, 0.25) is 0 Å². The minimum Gasteiger partial charge on any atom is -0.451 e. The molecule has 1 fully saturated rings. The summed E-state index contributed by atoms with van der Waals surface area (Å²) >= 11 is 0. The lowest BCUT2D eigenvalue weighted by molar-refractivity contribution is 0.0756. The van der Waals surface area contributed by atoms with Gasteiger partial charge in [-0.3, -0.25) is 4.79 Å². The number of oxazole rings is 1. The van der Waals surface area contributed by atoms with Gasteiger partial charge in [0.1, 0.15) is 6.26 Å². The van der Waals surface area contributed by atoms with Crippen LogP contribution < -0.4 is 0 Å². The summed E-state index contributed by atoms with van der Waals surface area (Å²) in [7, 11) is 0. The van der Waals surface area contributed by atoms with E-state index in [2.05, 4.69) is 4.98 Å². The molecule has 0 bridgehead atoms. The molecule has 1 aromatic rings. The zero-order valence-electron chi connectivity index (χ0n) is 8.11. The van der Waals surface area contributed by atoms with Crippen LogP contribution in [0.5, 0.6) is 0 Å². The Balaban J connectivity index is 2.03. The van der Waals surface area contributed by atoms with Crippen LogP contribution in [0.3, 0.4) is 0 Å². The predicted molar refractivity (Wildman–Crippen MR) is 50.9 cm³/mol. The molecule has 1 amide bonds. The van der Waals surface area contributed by atoms with Crippen molar-refractivity contribution in [2.24, 2.45) is 0 Å². The third-order valence-corrected chi connectivity index (χ3v) is 2.54. The molecule has 0 atom stereocenters. The first-order chi connectivity index (χ1) is 6.88. The van der Waals surface area contributed by atoms with Crippen molar-refractivity contribution in [3.8, 4) is 0 Å². The molecule has 0 radical (unpaired) electrons. The first-order valence-electron chi connectivity index (χ1n) is 5.05. The molecule has 2 rings (SSSR count). The van der Waals surface area contributed by atoms with Gasteiger partial charge in [-0.2, -0.15) is 0 Å². The molecule has 14 heavy (non-hydrogen) atoms. The maximum atomic E-state index is 11.8. The molecule has 76 valence electrons.